The summed E-state index contributed by atoms with van der Waals surface area (Å²) in [6.07, 6.45) is -0.924. The topological polar surface area (TPSA) is 64.6 Å². The first-order chi connectivity index (χ1) is 13.5. The standard InChI is InChI=1S/C23H21NO4/c1-16-8-6-7-11-21(16)23(26)27-17(2)22(25)24-18-12-14-20(15-13-18)28-19-9-4-3-5-10-19/h3-15,17H,1-2H3,(H,24,25)/t17-/m0/s1. The van der Waals surface area contributed by atoms with Crippen LogP contribution >= 0.6 is 0 Å². The van der Waals surface area contributed by atoms with Crippen LogP contribution in [0, 0.1) is 6.92 Å². The van der Waals surface area contributed by atoms with Gasteiger partial charge in [-0.25, -0.2) is 4.79 Å². The maximum absolute atomic E-state index is 12.3. The van der Waals surface area contributed by atoms with Crippen LogP contribution in [0.4, 0.5) is 5.69 Å². The maximum atomic E-state index is 12.3. The average Bonchev–Trinajstić information content (AvgIpc) is 2.70. The van der Waals surface area contributed by atoms with E-state index in [9.17, 15) is 9.59 Å². The van der Waals surface area contributed by atoms with Gasteiger partial charge in [-0.2, -0.15) is 0 Å². The Morgan fingerprint density at radius 3 is 2.11 bits per heavy atom. The quantitative estimate of drug-likeness (QED) is 0.618. The predicted octanol–water partition coefficient (Wildman–Crippen LogP) is 4.97. The van der Waals surface area contributed by atoms with Gasteiger partial charge in [0.05, 0.1) is 5.56 Å². The predicted molar refractivity (Wildman–Crippen MR) is 108 cm³/mol. The molecule has 0 spiro atoms. The first-order valence-corrected chi connectivity index (χ1v) is 8.93. The van der Waals surface area contributed by atoms with Gasteiger partial charge >= 0.3 is 5.97 Å². The molecule has 0 aliphatic heterocycles. The fourth-order valence-corrected chi connectivity index (χ4v) is 2.55. The Hall–Kier alpha value is -3.60. The largest absolute Gasteiger partial charge is 0.457 e. The van der Waals surface area contributed by atoms with Gasteiger partial charge in [0.1, 0.15) is 11.5 Å². The number of benzene rings is 3. The van der Waals surface area contributed by atoms with E-state index in [1.165, 1.54) is 0 Å². The summed E-state index contributed by atoms with van der Waals surface area (Å²) in [5.41, 5.74) is 1.84. The number of nitrogens with one attached hydrogen (secondary N) is 1. The lowest BCUT2D eigenvalue weighted by Crippen LogP contribution is -2.30. The molecule has 0 aliphatic rings. The molecule has 0 fully saturated rings. The number of esters is 1. The van der Waals surface area contributed by atoms with E-state index in [-0.39, 0.29) is 0 Å². The lowest BCUT2D eigenvalue weighted by atomic mass is 10.1. The Balaban J connectivity index is 1.56. The fourth-order valence-electron chi connectivity index (χ4n) is 2.55. The smallest absolute Gasteiger partial charge is 0.339 e. The van der Waals surface area contributed by atoms with E-state index >= 15 is 0 Å². The first kappa shape index (κ1) is 19.2. The molecule has 0 radical (unpaired) electrons. The van der Waals surface area contributed by atoms with Gasteiger partial charge in [0.25, 0.3) is 5.91 Å². The number of carbonyl (C=O) groups is 2. The van der Waals surface area contributed by atoms with Crippen molar-refractivity contribution in [1.29, 1.82) is 0 Å². The van der Waals surface area contributed by atoms with Crippen molar-refractivity contribution < 1.29 is 19.1 Å². The van der Waals surface area contributed by atoms with Crippen molar-refractivity contribution in [3.05, 3.63) is 90.0 Å². The number of anilines is 1. The third-order valence-corrected chi connectivity index (χ3v) is 4.12. The zero-order valence-electron chi connectivity index (χ0n) is 15.7. The highest BCUT2D eigenvalue weighted by molar-refractivity contribution is 5.97. The molecule has 0 bridgehead atoms. The Kier molecular flexibility index (Phi) is 6.07. The fraction of sp³-hybridized carbons (Fsp3) is 0.130. The molecule has 1 N–H and O–H groups in total. The van der Waals surface area contributed by atoms with Crippen molar-refractivity contribution in [3.8, 4) is 11.5 Å². The molecular weight excluding hydrogens is 354 g/mol. The van der Waals surface area contributed by atoms with Crippen LogP contribution in [0.25, 0.3) is 0 Å². The summed E-state index contributed by atoms with van der Waals surface area (Å²) in [7, 11) is 0. The van der Waals surface area contributed by atoms with Crippen LogP contribution in [0.5, 0.6) is 11.5 Å². The summed E-state index contributed by atoms with van der Waals surface area (Å²) < 4.78 is 11.0. The highest BCUT2D eigenvalue weighted by Crippen LogP contribution is 2.22. The van der Waals surface area contributed by atoms with Crippen molar-refractivity contribution in [2.45, 2.75) is 20.0 Å². The van der Waals surface area contributed by atoms with Crippen LogP contribution < -0.4 is 10.1 Å². The molecule has 142 valence electrons. The van der Waals surface area contributed by atoms with E-state index in [4.69, 9.17) is 9.47 Å². The summed E-state index contributed by atoms with van der Waals surface area (Å²) in [4.78, 5) is 24.6. The molecule has 0 heterocycles. The zero-order valence-corrected chi connectivity index (χ0v) is 15.7. The Bertz CT molecular complexity index is 952. The van der Waals surface area contributed by atoms with Gasteiger partial charge in [0, 0.05) is 5.69 Å². The van der Waals surface area contributed by atoms with Crippen LogP contribution in [0.1, 0.15) is 22.8 Å². The number of hydrogen-bond donors (Lipinski definition) is 1. The summed E-state index contributed by atoms with van der Waals surface area (Å²) in [6, 6.07) is 23.5. The molecule has 0 aromatic heterocycles. The third-order valence-electron chi connectivity index (χ3n) is 4.12. The molecule has 0 saturated carbocycles. The van der Waals surface area contributed by atoms with Crippen LogP contribution in [0.3, 0.4) is 0 Å². The van der Waals surface area contributed by atoms with Crippen molar-refractivity contribution in [2.75, 3.05) is 5.32 Å². The summed E-state index contributed by atoms with van der Waals surface area (Å²) in [5, 5.41) is 2.73. The van der Waals surface area contributed by atoms with E-state index in [2.05, 4.69) is 5.32 Å². The SMILES string of the molecule is Cc1ccccc1C(=O)O[C@@H](C)C(=O)Nc1ccc(Oc2ccccc2)cc1. The molecular formula is C23H21NO4. The van der Waals surface area contributed by atoms with Gasteiger partial charge in [-0.05, 0) is 61.9 Å². The number of para-hydroxylation sites is 1. The first-order valence-electron chi connectivity index (χ1n) is 8.93. The lowest BCUT2D eigenvalue weighted by Gasteiger charge is -2.14. The van der Waals surface area contributed by atoms with E-state index in [1.807, 2.05) is 49.4 Å². The summed E-state index contributed by atoms with van der Waals surface area (Å²) in [6.45, 7) is 3.36. The molecule has 3 aromatic rings. The van der Waals surface area contributed by atoms with Crippen molar-refractivity contribution in [2.24, 2.45) is 0 Å². The molecule has 1 atom stereocenters. The van der Waals surface area contributed by atoms with Crippen LogP contribution in [0.2, 0.25) is 0 Å². The molecule has 1 amide bonds. The molecule has 5 heteroatoms. The summed E-state index contributed by atoms with van der Waals surface area (Å²) in [5.74, 6) is 0.463. The van der Waals surface area contributed by atoms with Gasteiger partial charge in [-0.15, -0.1) is 0 Å². The molecule has 0 unspecified atom stereocenters. The van der Waals surface area contributed by atoms with Gasteiger partial charge in [-0.3, -0.25) is 4.79 Å². The lowest BCUT2D eigenvalue weighted by molar-refractivity contribution is -0.123. The highest BCUT2D eigenvalue weighted by atomic mass is 16.5. The number of amides is 1. The molecule has 3 aromatic carbocycles. The summed E-state index contributed by atoms with van der Waals surface area (Å²) >= 11 is 0. The van der Waals surface area contributed by atoms with Gasteiger partial charge in [0.2, 0.25) is 0 Å². The Morgan fingerprint density at radius 1 is 0.821 bits per heavy atom. The second-order valence-corrected chi connectivity index (χ2v) is 6.29. The normalized spacial score (nSPS) is 11.4. The van der Waals surface area contributed by atoms with Crippen LogP contribution in [0.15, 0.2) is 78.9 Å². The Morgan fingerprint density at radius 2 is 1.43 bits per heavy atom. The third kappa shape index (κ3) is 4.98. The average molecular weight is 375 g/mol. The van der Waals surface area contributed by atoms with E-state index in [0.29, 0.717) is 17.0 Å². The number of rotatable bonds is 6. The monoisotopic (exact) mass is 375 g/mol. The van der Waals surface area contributed by atoms with Gasteiger partial charge in [0.15, 0.2) is 6.10 Å². The van der Waals surface area contributed by atoms with E-state index in [1.54, 1.807) is 43.3 Å². The minimum Gasteiger partial charge on any atom is -0.457 e. The molecule has 0 aliphatic carbocycles. The second-order valence-electron chi connectivity index (χ2n) is 6.29. The molecule has 28 heavy (non-hydrogen) atoms. The van der Waals surface area contributed by atoms with E-state index < -0.39 is 18.0 Å². The van der Waals surface area contributed by atoms with Crippen molar-refractivity contribution in [1.82, 2.24) is 0 Å². The zero-order chi connectivity index (χ0) is 19.9. The second kappa shape index (κ2) is 8.86. The van der Waals surface area contributed by atoms with Gasteiger partial charge < -0.3 is 14.8 Å². The van der Waals surface area contributed by atoms with E-state index in [0.717, 1.165) is 11.3 Å². The molecule has 5 nitrogen and oxygen atoms in total. The van der Waals surface area contributed by atoms with Gasteiger partial charge in [-0.1, -0.05) is 36.4 Å². The van der Waals surface area contributed by atoms with Crippen molar-refractivity contribution >= 4 is 17.6 Å². The minimum absolute atomic E-state index is 0.404. The van der Waals surface area contributed by atoms with Crippen LogP contribution in [-0.4, -0.2) is 18.0 Å². The number of aryl methyl sites for hydroxylation is 1. The Labute approximate surface area is 163 Å². The maximum Gasteiger partial charge on any atom is 0.339 e. The number of hydrogen-bond acceptors (Lipinski definition) is 4. The number of ether oxygens (including phenoxy) is 2. The van der Waals surface area contributed by atoms with Crippen LogP contribution in [-0.2, 0) is 9.53 Å². The highest BCUT2D eigenvalue weighted by Gasteiger charge is 2.20. The molecule has 0 saturated heterocycles. The van der Waals surface area contributed by atoms with Crippen molar-refractivity contribution in [3.63, 3.8) is 0 Å². The molecule has 3 rings (SSSR count). The number of carbonyl (C=O) groups excluding carboxylic acids is 2. The minimum atomic E-state index is -0.924.